The van der Waals surface area contributed by atoms with E-state index in [2.05, 4.69) is 5.32 Å². The van der Waals surface area contributed by atoms with E-state index < -0.39 is 18.0 Å². The first-order valence-electron chi connectivity index (χ1n) is 11.8. The molecule has 0 radical (unpaired) electrons. The zero-order valence-electron chi connectivity index (χ0n) is 19.5. The molecule has 0 aliphatic carbocycles. The normalized spacial score (nSPS) is 19.6. The molecule has 184 valence electrons. The van der Waals surface area contributed by atoms with Crippen molar-refractivity contribution in [1.82, 2.24) is 10.2 Å². The SMILES string of the molecule is O=C(NC(Cc1ccc(O)cc1)C(=O)N1CCC2OCC(=O)C21)c1cccc(Oc2ccccc2)c1. The van der Waals surface area contributed by atoms with E-state index in [0.717, 1.165) is 5.56 Å². The first-order valence-corrected chi connectivity index (χ1v) is 11.8. The van der Waals surface area contributed by atoms with E-state index in [0.29, 0.717) is 30.0 Å². The molecule has 2 aliphatic heterocycles. The van der Waals surface area contributed by atoms with Gasteiger partial charge in [0.05, 0.1) is 6.10 Å². The molecule has 3 atom stereocenters. The van der Waals surface area contributed by atoms with Crippen molar-refractivity contribution in [2.75, 3.05) is 13.2 Å². The van der Waals surface area contributed by atoms with E-state index in [9.17, 15) is 19.5 Å². The number of hydrogen-bond donors (Lipinski definition) is 2. The Morgan fingerprint density at radius 1 is 1.03 bits per heavy atom. The number of carbonyl (C=O) groups is 3. The summed E-state index contributed by atoms with van der Waals surface area (Å²) in [5, 5.41) is 12.5. The van der Waals surface area contributed by atoms with Gasteiger partial charge in [0.25, 0.3) is 5.91 Å². The van der Waals surface area contributed by atoms with Crippen molar-refractivity contribution in [1.29, 1.82) is 0 Å². The van der Waals surface area contributed by atoms with Crippen LogP contribution in [0.5, 0.6) is 17.2 Å². The topological polar surface area (TPSA) is 105 Å². The fourth-order valence-electron chi connectivity index (χ4n) is 4.68. The fourth-order valence-corrected chi connectivity index (χ4v) is 4.68. The van der Waals surface area contributed by atoms with Crippen LogP contribution in [0.4, 0.5) is 0 Å². The van der Waals surface area contributed by atoms with Crippen LogP contribution in [0.25, 0.3) is 0 Å². The van der Waals surface area contributed by atoms with Crippen LogP contribution >= 0.6 is 0 Å². The van der Waals surface area contributed by atoms with Gasteiger partial charge in [0.1, 0.15) is 35.9 Å². The Kier molecular flexibility index (Phi) is 6.69. The molecule has 2 fully saturated rings. The van der Waals surface area contributed by atoms with Crippen molar-refractivity contribution in [3.8, 4) is 17.2 Å². The number of phenolic OH excluding ortho intramolecular Hbond substituents is 1. The first-order chi connectivity index (χ1) is 17.5. The lowest BCUT2D eigenvalue weighted by Crippen LogP contribution is -2.53. The van der Waals surface area contributed by atoms with Crippen molar-refractivity contribution in [3.05, 3.63) is 90.0 Å². The van der Waals surface area contributed by atoms with E-state index in [1.54, 1.807) is 36.4 Å². The maximum atomic E-state index is 13.6. The maximum Gasteiger partial charge on any atom is 0.252 e. The van der Waals surface area contributed by atoms with Gasteiger partial charge in [0.2, 0.25) is 5.91 Å². The Bertz CT molecular complexity index is 1260. The van der Waals surface area contributed by atoms with Gasteiger partial charge >= 0.3 is 0 Å². The summed E-state index contributed by atoms with van der Waals surface area (Å²) in [4.78, 5) is 40.8. The second kappa shape index (κ2) is 10.2. The van der Waals surface area contributed by atoms with E-state index in [1.807, 2.05) is 30.3 Å². The molecular weight excluding hydrogens is 460 g/mol. The Labute approximate surface area is 208 Å². The van der Waals surface area contributed by atoms with Crippen LogP contribution in [0, 0.1) is 0 Å². The minimum Gasteiger partial charge on any atom is -0.508 e. The van der Waals surface area contributed by atoms with Crippen LogP contribution < -0.4 is 10.1 Å². The molecule has 2 N–H and O–H groups in total. The van der Waals surface area contributed by atoms with E-state index in [1.165, 1.54) is 17.0 Å². The summed E-state index contributed by atoms with van der Waals surface area (Å²) < 4.78 is 11.4. The third kappa shape index (κ3) is 5.08. The lowest BCUT2D eigenvalue weighted by Gasteiger charge is -2.27. The number of likely N-dealkylation sites (tertiary alicyclic amines) is 1. The van der Waals surface area contributed by atoms with Gasteiger partial charge in [-0.1, -0.05) is 36.4 Å². The Morgan fingerprint density at radius 3 is 2.56 bits per heavy atom. The van der Waals surface area contributed by atoms with Crippen LogP contribution in [0.1, 0.15) is 22.3 Å². The molecule has 3 aromatic carbocycles. The molecule has 8 nitrogen and oxygen atoms in total. The summed E-state index contributed by atoms with van der Waals surface area (Å²) in [6.45, 7) is 0.393. The van der Waals surface area contributed by atoms with Crippen molar-refractivity contribution < 1.29 is 29.0 Å². The van der Waals surface area contributed by atoms with Gasteiger partial charge in [-0.25, -0.2) is 0 Å². The molecule has 0 saturated carbocycles. The van der Waals surface area contributed by atoms with E-state index in [-0.39, 0.29) is 36.6 Å². The predicted molar refractivity (Wildman–Crippen MR) is 131 cm³/mol. The molecule has 2 amide bonds. The predicted octanol–water partition coefficient (Wildman–Crippen LogP) is 3.09. The molecule has 0 spiro atoms. The van der Waals surface area contributed by atoms with Gasteiger partial charge in [-0.15, -0.1) is 0 Å². The van der Waals surface area contributed by atoms with Crippen LogP contribution in [-0.4, -0.2) is 58.9 Å². The van der Waals surface area contributed by atoms with Gasteiger partial charge in [-0.2, -0.15) is 0 Å². The van der Waals surface area contributed by atoms with Crippen molar-refractivity contribution in [2.45, 2.75) is 31.0 Å². The number of aromatic hydroxyl groups is 1. The number of benzene rings is 3. The fraction of sp³-hybridized carbons (Fsp3) is 0.250. The van der Waals surface area contributed by atoms with Gasteiger partial charge in [0.15, 0.2) is 5.78 Å². The molecular formula is C28H26N2O6. The second-order valence-corrected chi connectivity index (χ2v) is 8.92. The number of nitrogens with one attached hydrogen (secondary N) is 1. The van der Waals surface area contributed by atoms with E-state index in [4.69, 9.17) is 9.47 Å². The van der Waals surface area contributed by atoms with Crippen LogP contribution in [-0.2, 0) is 20.7 Å². The molecule has 36 heavy (non-hydrogen) atoms. The molecule has 2 heterocycles. The summed E-state index contributed by atoms with van der Waals surface area (Å²) in [5.41, 5.74) is 1.10. The highest BCUT2D eigenvalue weighted by atomic mass is 16.5. The van der Waals surface area contributed by atoms with Gasteiger partial charge < -0.3 is 24.8 Å². The monoisotopic (exact) mass is 486 g/mol. The molecule has 0 bridgehead atoms. The smallest absolute Gasteiger partial charge is 0.252 e. The molecule has 2 saturated heterocycles. The number of para-hydroxylation sites is 1. The maximum absolute atomic E-state index is 13.6. The van der Waals surface area contributed by atoms with Gasteiger partial charge in [0, 0.05) is 18.5 Å². The molecule has 3 unspecified atom stereocenters. The third-order valence-electron chi connectivity index (χ3n) is 6.45. The summed E-state index contributed by atoms with van der Waals surface area (Å²) in [6.07, 6.45) is 0.493. The van der Waals surface area contributed by atoms with Gasteiger partial charge in [-0.3, -0.25) is 14.4 Å². The minimum absolute atomic E-state index is 0.00229. The molecule has 5 rings (SSSR count). The van der Waals surface area contributed by atoms with Crippen LogP contribution in [0.15, 0.2) is 78.9 Å². The standard InChI is InChI=1S/C28H26N2O6/c31-20-11-9-18(10-12-20)15-23(28(34)30-14-13-25-26(30)24(32)17-35-25)29-27(33)19-5-4-8-22(16-19)36-21-6-2-1-3-7-21/h1-12,16,23,25-26,31H,13-15,17H2,(H,29,33). The highest BCUT2D eigenvalue weighted by molar-refractivity contribution is 5.99. The highest BCUT2D eigenvalue weighted by Gasteiger charge is 2.48. The highest BCUT2D eigenvalue weighted by Crippen LogP contribution is 2.28. The molecule has 8 heteroatoms. The van der Waals surface area contributed by atoms with Crippen molar-refractivity contribution in [2.24, 2.45) is 0 Å². The first kappa shape index (κ1) is 23.6. The number of Topliss-reactive ketones (excluding diaryl/α,β-unsaturated/α-hetero) is 1. The van der Waals surface area contributed by atoms with Crippen molar-refractivity contribution >= 4 is 17.6 Å². The number of ketones is 1. The van der Waals surface area contributed by atoms with Crippen molar-refractivity contribution in [3.63, 3.8) is 0 Å². The lowest BCUT2D eigenvalue weighted by atomic mass is 10.0. The number of rotatable bonds is 7. The summed E-state index contributed by atoms with van der Waals surface area (Å²) >= 11 is 0. The number of hydrogen-bond acceptors (Lipinski definition) is 6. The minimum atomic E-state index is -0.909. The average Bonchev–Trinajstić information content (AvgIpc) is 3.48. The Balaban J connectivity index is 1.36. The zero-order chi connectivity index (χ0) is 25.1. The Hall–Kier alpha value is -4.17. The number of fused-ring (bicyclic) bond motifs is 1. The number of nitrogens with zero attached hydrogens (tertiary/aromatic N) is 1. The summed E-state index contributed by atoms with van der Waals surface area (Å²) in [5.74, 6) is 0.354. The number of phenols is 1. The summed E-state index contributed by atoms with van der Waals surface area (Å²) in [7, 11) is 0. The molecule has 2 aliphatic rings. The summed E-state index contributed by atoms with van der Waals surface area (Å²) in [6, 6.07) is 20.9. The zero-order valence-corrected chi connectivity index (χ0v) is 19.5. The van der Waals surface area contributed by atoms with Gasteiger partial charge in [-0.05, 0) is 54.4 Å². The molecule has 3 aromatic rings. The number of ether oxygens (including phenoxy) is 2. The second-order valence-electron chi connectivity index (χ2n) is 8.92. The number of carbonyl (C=O) groups excluding carboxylic acids is 3. The van der Waals surface area contributed by atoms with E-state index >= 15 is 0 Å². The van der Waals surface area contributed by atoms with Crippen LogP contribution in [0.3, 0.4) is 0 Å². The van der Waals surface area contributed by atoms with Crippen LogP contribution in [0.2, 0.25) is 0 Å². The average molecular weight is 487 g/mol. The lowest BCUT2D eigenvalue weighted by molar-refractivity contribution is -0.138. The third-order valence-corrected chi connectivity index (χ3v) is 6.45. The quantitative estimate of drug-likeness (QED) is 0.532. The Morgan fingerprint density at radius 2 is 1.78 bits per heavy atom. The largest absolute Gasteiger partial charge is 0.508 e. The number of amides is 2. The molecule has 0 aromatic heterocycles.